The van der Waals surface area contributed by atoms with E-state index >= 15 is 0 Å². The van der Waals surface area contributed by atoms with Gasteiger partial charge in [0.2, 0.25) is 0 Å². The molecule has 3 rings (SSSR count). The maximum absolute atomic E-state index is 12.3. The fourth-order valence-electron chi connectivity index (χ4n) is 2.79. The molecule has 0 radical (unpaired) electrons. The zero-order chi connectivity index (χ0) is 22.1. The van der Waals surface area contributed by atoms with Gasteiger partial charge >= 0.3 is 0 Å². The summed E-state index contributed by atoms with van der Waals surface area (Å²) < 4.78 is 5.70. The average Bonchev–Trinajstić information content (AvgIpc) is 3.28. The molecule has 0 saturated heterocycles. The highest BCUT2D eigenvalue weighted by Gasteiger charge is 2.11. The standard InChI is InChI=1S/C22H23N5O4/c1-2-3-4-12-31-19-10-8-17(9-11-19)20-14-21(25-24-20)22(28)26-23-15-16-6-5-7-18(13-16)27(29)30/h5-11,13-15H,2-4,12H2,1H3,(H,24,25)(H,26,28). The van der Waals surface area contributed by atoms with E-state index in [1.807, 2.05) is 24.3 Å². The van der Waals surface area contributed by atoms with Crippen molar-refractivity contribution >= 4 is 17.8 Å². The summed E-state index contributed by atoms with van der Waals surface area (Å²) in [7, 11) is 0. The van der Waals surface area contributed by atoms with Gasteiger partial charge in [-0.1, -0.05) is 31.9 Å². The summed E-state index contributed by atoms with van der Waals surface area (Å²) in [5.41, 5.74) is 4.52. The molecule has 31 heavy (non-hydrogen) atoms. The van der Waals surface area contributed by atoms with Gasteiger partial charge in [-0.2, -0.15) is 10.2 Å². The number of ether oxygens (including phenoxy) is 1. The monoisotopic (exact) mass is 421 g/mol. The SMILES string of the molecule is CCCCCOc1ccc(-c2cc(C(=O)NN=Cc3cccc([N+](=O)[O-])c3)[nH]n2)cc1. The van der Waals surface area contributed by atoms with Crippen LogP contribution < -0.4 is 10.2 Å². The van der Waals surface area contributed by atoms with Gasteiger partial charge in [0.15, 0.2) is 0 Å². The molecule has 3 aromatic rings. The molecule has 1 amide bonds. The zero-order valence-corrected chi connectivity index (χ0v) is 17.1. The van der Waals surface area contributed by atoms with Crippen LogP contribution in [0.25, 0.3) is 11.3 Å². The van der Waals surface area contributed by atoms with E-state index in [0.29, 0.717) is 17.9 Å². The first-order chi connectivity index (χ1) is 15.1. The highest BCUT2D eigenvalue weighted by molar-refractivity contribution is 5.94. The van der Waals surface area contributed by atoms with Gasteiger partial charge in [-0.3, -0.25) is 20.0 Å². The number of nitro benzene ring substituents is 1. The number of aromatic nitrogens is 2. The molecule has 2 aromatic carbocycles. The van der Waals surface area contributed by atoms with Crippen molar-refractivity contribution in [3.63, 3.8) is 0 Å². The molecule has 2 N–H and O–H groups in total. The number of hydrazone groups is 1. The molecule has 0 fully saturated rings. The number of benzene rings is 2. The Morgan fingerprint density at radius 2 is 2.03 bits per heavy atom. The fourth-order valence-corrected chi connectivity index (χ4v) is 2.79. The van der Waals surface area contributed by atoms with Gasteiger partial charge in [-0.25, -0.2) is 5.43 Å². The lowest BCUT2D eigenvalue weighted by Crippen LogP contribution is -2.18. The van der Waals surface area contributed by atoms with Crippen LogP contribution in [0.5, 0.6) is 5.75 Å². The molecular formula is C22H23N5O4. The van der Waals surface area contributed by atoms with E-state index in [-0.39, 0.29) is 11.4 Å². The Hall–Kier alpha value is -4.01. The predicted octanol–water partition coefficient (Wildman–Crippen LogP) is 4.32. The molecule has 1 heterocycles. The van der Waals surface area contributed by atoms with E-state index in [1.165, 1.54) is 18.3 Å². The molecule has 9 nitrogen and oxygen atoms in total. The number of unbranched alkanes of at least 4 members (excludes halogenated alkanes) is 2. The van der Waals surface area contributed by atoms with Crippen LogP contribution in [0.2, 0.25) is 0 Å². The number of H-pyrrole nitrogens is 1. The molecule has 0 spiro atoms. The molecule has 9 heteroatoms. The van der Waals surface area contributed by atoms with Crippen LogP contribution in [-0.2, 0) is 0 Å². The van der Waals surface area contributed by atoms with Gasteiger partial charge in [-0.05, 0) is 36.8 Å². The van der Waals surface area contributed by atoms with Crippen molar-refractivity contribution < 1.29 is 14.5 Å². The number of nitrogens with one attached hydrogen (secondary N) is 2. The summed E-state index contributed by atoms with van der Waals surface area (Å²) in [4.78, 5) is 22.6. The Bertz CT molecular complexity index is 1060. The number of nitrogens with zero attached hydrogens (tertiary/aromatic N) is 3. The predicted molar refractivity (Wildman–Crippen MR) is 117 cm³/mol. The number of hydrogen-bond acceptors (Lipinski definition) is 6. The Morgan fingerprint density at radius 3 is 2.77 bits per heavy atom. The molecule has 0 atom stereocenters. The van der Waals surface area contributed by atoms with Crippen molar-refractivity contribution in [1.29, 1.82) is 0 Å². The molecule has 0 unspecified atom stereocenters. The van der Waals surface area contributed by atoms with Gasteiger partial charge < -0.3 is 4.74 Å². The van der Waals surface area contributed by atoms with Crippen molar-refractivity contribution in [2.24, 2.45) is 5.10 Å². The van der Waals surface area contributed by atoms with E-state index in [4.69, 9.17) is 4.74 Å². The Morgan fingerprint density at radius 1 is 1.23 bits per heavy atom. The maximum Gasteiger partial charge on any atom is 0.289 e. The normalized spacial score (nSPS) is 10.9. The van der Waals surface area contributed by atoms with Crippen LogP contribution in [0.1, 0.15) is 42.2 Å². The second-order valence-electron chi connectivity index (χ2n) is 6.80. The number of hydrogen-bond donors (Lipinski definition) is 2. The first kappa shape index (κ1) is 21.7. The quantitative estimate of drug-likeness (QED) is 0.218. The topological polar surface area (TPSA) is 123 Å². The number of amides is 1. The molecule has 0 aliphatic carbocycles. The van der Waals surface area contributed by atoms with Crippen molar-refractivity contribution in [3.05, 3.63) is 76.0 Å². The van der Waals surface area contributed by atoms with Crippen LogP contribution in [0.15, 0.2) is 59.7 Å². The molecule has 0 saturated carbocycles. The molecule has 1 aromatic heterocycles. The van der Waals surface area contributed by atoms with Gasteiger partial charge in [0.25, 0.3) is 11.6 Å². The van der Waals surface area contributed by atoms with Crippen LogP contribution in [0, 0.1) is 10.1 Å². The summed E-state index contributed by atoms with van der Waals surface area (Å²) in [5, 5.41) is 21.5. The Kier molecular flexibility index (Phi) is 7.47. The van der Waals surface area contributed by atoms with Crippen molar-refractivity contribution in [3.8, 4) is 17.0 Å². The minimum Gasteiger partial charge on any atom is -0.494 e. The minimum atomic E-state index is -0.493. The highest BCUT2D eigenvalue weighted by atomic mass is 16.6. The fraction of sp³-hybridized carbons (Fsp3) is 0.227. The summed E-state index contributed by atoms with van der Waals surface area (Å²) in [6, 6.07) is 15.1. The summed E-state index contributed by atoms with van der Waals surface area (Å²) in [6.07, 6.45) is 4.66. The van der Waals surface area contributed by atoms with E-state index < -0.39 is 10.8 Å². The van der Waals surface area contributed by atoms with Crippen LogP contribution in [0.4, 0.5) is 5.69 Å². The van der Waals surface area contributed by atoms with E-state index in [1.54, 1.807) is 18.2 Å². The van der Waals surface area contributed by atoms with Gasteiger partial charge in [0.05, 0.1) is 23.4 Å². The number of nitro groups is 1. The van der Waals surface area contributed by atoms with Gasteiger partial charge in [-0.15, -0.1) is 0 Å². The van der Waals surface area contributed by atoms with Gasteiger partial charge in [0, 0.05) is 23.3 Å². The minimum absolute atomic E-state index is 0.0501. The van der Waals surface area contributed by atoms with Crippen molar-refractivity contribution in [1.82, 2.24) is 15.6 Å². The highest BCUT2D eigenvalue weighted by Crippen LogP contribution is 2.21. The lowest BCUT2D eigenvalue weighted by atomic mass is 10.1. The number of non-ortho nitro benzene ring substituents is 1. The van der Waals surface area contributed by atoms with Crippen molar-refractivity contribution in [2.45, 2.75) is 26.2 Å². The molecular weight excluding hydrogens is 398 g/mol. The second-order valence-corrected chi connectivity index (χ2v) is 6.80. The number of rotatable bonds is 10. The Labute approximate surface area is 179 Å². The van der Waals surface area contributed by atoms with Crippen LogP contribution >= 0.6 is 0 Å². The third-order valence-electron chi connectivity index (χ3n) is 4.45. The lowest BCUT2D eigenvalue weighted by Gasteiger charge is -2.06. The summed E-state index contributed by atoms with van der Waals surface area (Å²) in [5.74, 6) is 0.320. The zero-order valence-electron chi connectivity index (χ0n) is 17.1. The number of carbonyl (C=O) groups excluding carboxylic acids is 1. The molecule has 160 valence electrons. The first-order valence-corrected chi connectivity index (χ1v) is 9.93. The maximum atomic E-state index is 12.3. The summed E-state index contributed by atoms with van der Waals surface area (Å²) >= 11 is 0. The largest absolute Gasteiger partial charge is 0.494 e. The molecule has 0 aliphatic heterocycles. The summed E-state index contributed by atoms with van der Waals surface area (Å²) in [6.45, 7) is 2.84. The second kappa shape index (κ2) is 10.7. The number of carbonyl (C=O) groups is 1. The average molecular weight is 421 g/mol. The third kappa shape index (κ3) is 6.23. The lowest BCUT2D eigenvalue weighted by molar-refractivity contribution is -0.384. The van der Waals surface area contributed by atoms with Crippen LogP contribution in [-0.4, -0.2) is 33.8 Å². The number of aromatic amines is 1. The van der Waals surface area contributed by atoms with Crippen LogP contribution in [0.3, 0.4) is 0 Å². The molecule has 0 aliphatic rings. The van der Waals surface area contributed by atoms with E-state index in [9.17, 15) is 14.9 Å². The smallest absolute Gasteiger partial charge is 0.289 e. The molecule has 0 bridgehead atoms. The van der Waals surface area contributed by atoms with E-state index in [0.717, 1.165) is 30.6 Å². The Balaban J connectivity index is 1.57. The first-order valence-electron chi connectivity index (χ1n) is 9.93. The van der Waals surface area contributed by atoms with E-state index in [2.05, 4.69) is 27.6 Å². The third-order valence-corrected chi connectivity index (χ3v) is 4.45. The van der Waals surface area contributed by atoms with Gasteiger partial charge in [0.1, 0.15) is 11.4 Å². The van der Waals surface area contributed by atoms with Crippen molar-refractivity contribution in [2.75, 3.05) is 6.61 Å².